The highest BCUT2D eigenvalue weighted by Gasteiger charge is 2.15. The van der Waals surface area contributed by atoms with Gasteiger partial charge in [0.25, 0.3) is 11.8 Å². The molecule has 0 fully saturated rings. The number of anilines is 2. The number of carbonyl (C=O) groups excluding carboxylic acids is 2. The molecule has 1 aromatic heterocycles. The topological polar surface area (TPSA) is 74.3 Å². The van der Waals surface area contributed by atoms with E-state index in [2.05, 4.69) is 15.6 Å². The first-order chi connectivity index (χ1) is 13.6. The normalized spacial score (nSPS) is 10.2. The third kappa shape index (κ3) is 4.54. The van der Waals surface area contributed by atoms with E-state index in [9.17, 15) is 9.59 Å². The summed E-state index contributed by atoms with van der Waals surface area (Å²) in [6.45, 7) is 0.334. The van der Waals surface area contributed by atoms with Crippen molar-refractivity contribution in [2.75, 3.05) is 24.3 Å². The number of nitrogens with one attached hydrogen (secondary N) is 2. The largest absolute Gasteiger partial charge is 0.362 e. The Morgan fingerprint density at radius 1 is 0.893 bits per heavy atom. The molecule has 28 heavy (non-hydrogen) atoms. The fourth-order valence-electron chi connectivity index (χ4n) is 2.82. The Balaban J connectivity index is 1.74. The fourth-order valence-corrected chi connectivity index (χ4v) is 2.82. The van der Waals surface area contributed by atoms with Gasteiger partial charge >= 0.3 is 0 Å². The lowest BCUT2D eigenvalue weighted by atomic mass is 10.1. The summed E-state index contributed by atoms with van der Waals surface area (Å²) in [4.78, 5) is 31.4. The van der Waals surface area contributed by atoms with Crippen molar-refractivity contribution < 1.29 is 9.59 Å². The second-order valence-corrected chi connectivity index (χ2v) is 6.43. The van der Waals surface area contributed by atoms with Crippen molar-refractivity contribution in [3.8, 4) is 0 Å². The first-order valence-electron chi connectivity index (χ1n) is 8.91. The van der Waals surface area contributed by atoms with Gasteiger partial charge in [0.15, 0.2) is 0 Å². The maximum absolute atomic E-state index is 12.7. The standard InChI is InChI=1S/C22H22N4O2/c1-26(2)20-17(11-8-14-23-20)15-24-22(28)18-12-6-7-13-19(18)25-21(27)16-9-4-3-5-10-16/h3-14H,15H2,1-2H3,(H,24,28)(H,25,27). The van der Waals surface area contributed by atoms with Crippen LogP contribution in [0.5, 0.6) is 0 Å². The van der Waals surface area contributed by atoms with Gasteiger partial charge in [0.2, 0.25) is 0 Å². The van der Waals surface area contributed by atoms with Crippen LogP contribution in [0, 0.1) is 0 Å². The molecule has 0 unspecified atom stereocenters. The van der Waals surface area contributed by atoms with E-state index in [1.807, 2.05) is 37.2 Å². The zero-order valence-corrected chi connectivity index (χ0v) is 15.8. The summed E-state index contributed by atoms with van der Waals surface area (Å²) in [7, 11) is 3.81. The Hall–Kier alpha value is -3.67. The van der Waals surface area contributed by atoms with E-state index < -0.39 is 0 Å². The Labute approximate surface area is 164 Å². The Bertz CT molecular complexity index is 971. The molecule has 0 aliphatic carbocycles. The van der Waals surface area contributed by atoms with Crippen LogP contribution < -0.4 is 15.5 Å². The molecule has 2 aromatic carbocycles. The smallest absolute Gasteiger partial charge is 0.255 e. The van der Waals surface area contributed by atoms with Crippen LogP contribution in [0.4, 0.5) is 11.5 Å². The molecule has 3 aromatic rings. The minimum atomic E-state index is -0.266. The molecule has 2 amide bonds. The second kappa shape index (κ2) is 8.81. The van der Waals surface area contributed by atoms with Crippen LogP contribution >= 0.6 is 0 Å². The highest BCUT2D eigenvalue weighted by atomic mass is 16.2. The number of carbonyl (C=O) groups is 2. The molecule has 6 heteroatoms. The molecule has 0 bridgehead atoms. The van der Waals surface area contributed by atoms with Gasteiger partial charge in [-0.2, -0.15) is 0 Å². The van der Waals surface area contributed by atoms with Gasteiger partial charge in [0, 0.05) is 38.0 Å². The molecule has 0 atom stereocenters. The summed E-state index contributed by atoms with van der Waals surface area (Å²) in [6.07, 6.45) is 1.72. The van der Waals surface area contributed by atoms with Crippen LogP contribution in [-0.2, 0) is 6.54 Å². The zero-order valence-electron chi connectivity index (χ0n) is 15.8. The predicted molar refractivity (Wildman–Crippen MR) is 111 cm³/mol. The van der Waals surface area contributed by atoms with Crippen LogP contribution in [0.1, 0.15) is 26.3 Å². The average Bonchev–Trinajstić information content (AvgIpc) is 2.73. The van der Waals surface area contributed by atoms with Crippen LogP contribution in [-0.4, -0.2) is 30.9 Å². The van der Waals surface area contributed by atoms with Crippen molar-refractivity contribution >= 4 is 23.3 Å². The maximum Gasteiger partial charge on any atom is 0.255 e. The van der Waals surface area contributed by atoms with Crippen LogP contribution in [0.2, 0.25) is 0 Å². The van der Waals surface area contributed by atoms with Crippen LogP contribution in [0.25, 0.3) is 0 Å². The fraction of sp³-hybridized carbons (Fsp3) is 0.136. The van der Waals surface area contributed by atoms with Crippen molar-refractivity contribution in [3.63, 3.8) is 0 Å². The number of aromatic nitrogens is 1. The zero-order chi connectivity index (χ0) is 19.9. The Morgan fingerprint density at radius 3 is 2.36 bits per heavy atom. The number of hydrogen-bond acceptors (Lipinski definition) is 4. The minimum Gasteiger partial charge on any atom is -0.362 e. The van der Waals surface area contributed by atoms with Crippen LogP contribution in [0.3, 0.4) is 0 Å². The minimum absolute atomic E-state index is 0.261. The third-order valence-electron chi connectivity index (χ3n) is 4.19. The third-order valence-corrected chi connectivity index (χ3v) is 4.19. The van der Waals surface area contributed by atoms with Gasteiger partial charge in [-0.25, -0.2) is 4.98 Å². The first kappa shape index (κ1) is 19.1. The van der Waals surface area contributed by atoms with Crippen molar-refractivity contribution in [1.29, 1.82) is 0 Å². The molecule has 0 spiro atoms. The molecule has 2 N–H and O–H groups in total. The van der Waals surface area contributed by atoms with Gasteiger partial charge in [-0.1, -0.05) is 36.4 Å². The molecular weight excluding hydrogens is 352 g/mol. The molecule has 3 rings (SSSR count). The van der Waals surface area contributed by atoms with Crippen molar-refractivity contribution in [3.05, 3.63) is 89.6 Å². The lowest BCUT2D eigenvalue weighted by Gasteiger charge is -2.16. The molecule has 0 aliphatic rings. The van der Waals surface area contributed by atoms with Gasteiger partial charge in [0.05, 0.1) is 11.3 Å². The lowest BCUT2D eigenvalue weighted by molar-refractivity contribution is 0.0952. The van der Waals surface area contributed by atoms with Crippen molar-refractivity contribution in [2.24, 2.45) is 0 Å². The Kier molecular flexibility index (Phi) is 6.01. The van der Waals surface area contributed by atoms with E-state index in [-0.39, 0.29) is 11.8 Å². The number of rotatable bonds is 6. The molecule has 1 heterocycles. The second-order valence-electron chi connectivity index (χ2n) is 6.43. The van der Waals surface area contributed by atoms with Crippen LogP contribution in [0.15, 0.2) is 72.9 Å². The summed E-state index contributed by atoms with van der Waals surface area (Å²) < 4.78 is 0. The highest BCUT2D eigenvalue weighted by molar-refractivity contribution is 6.08. The molecular formula is C22H22N4O2. The van der Waals surface area contributed by atoms with Gasteiger partial charge in [-0.15, -0.1) is 0 Å². The first-order valence-corrected chi connectivity index (χ1v) is 8.91. The summed E-state index contributed by atoms with van der Waals surface area (Å²) >= 11 is 0. The maximum atomic E-state index is 12.7. The SMILES string of the molecule is CN(C)c1ncccc1CNC(=O)c1ccccc1NC(=O)c1ccccc1. The number of nitrogens with zero attached hydrogens (tertiary/aromatic N) is 2. The predicted octanol–water partition coefficient (Wildman–Crippen LogP) is 3.33. The monoisotopic (exact) mass is 374 g/mol. The van der Waals surface area contributed by atoms with Gasteiger partial charge in [0.1, 0.15) is 5.82 Å². The Morgan fingerprint density at radius 2 is 1.61 bits per heavy atom. The molecule has 6 nitrogen and oxygen atoms in total. The number of hydrogen-bond donors (Lipinski definition) is 2. The summed E-state index contributed by atoms with van der Waals surface area (Å²) in [5.41, 5.74) is 2.31. The van der Waals surface area contributed by atoms with Gasteiger partial charge in [-0.3, -0.25) is 9.59 Å². The number of amides is 2. The van der Waals surface area contributed by atoms with E-state index >= 15 is 0 Å². The number of para-hydroxylation sites is 1. The van der Waals surface area contributed by atoms with E-state index in [0.29, 0.717) is 23.4 Å². The highest BCUT2D eigenvalue weighted by Crippen LogP contribution is 2.18. The summed E-state index contributed by atoms with van der Waals surface area (Å²) in [6, 6.07) is 19.6. The summed E-state index contributed by atoms with van der Waals surface area (Å²) in [5.74, 6) is 0.272. The van der Waals surface area contributed by atoms with Crippen molar-refractivity contribution in [1.82, 2.24) is 10.3 Å². The number of benzene rings is 2. The van der Waals surface area contributed by atoms with E-state index in [0.717, 1.165) is 11.4 Å². The molecule has 0 aliphatic heterocycles. The van der Waals surface area contributed by atoms with Crippen molar-refractivity contribution in [2.45, 2.75) is 6.54 Å². The molecule has 142 valence electrons. The quantitative estimate of drug-likeness (QED) is 0.694. The van der Waals surface area contributed by atoms with Gasteiger partial charge < -0.3 is 15.5 Å². The average molecular weight is 374 g/mol. The molecule has 0 saturated carbocycles. The van der Waals surface area contributed by atoms with E-state index in [1.54, 1.807) is 54.7 Å². The van der Waals surface area contributed by atoms with E-state index in [1.165, 1.54) is 0 Å². The van der Waals surface area contributed by atoms with Gasteiger partial charge in [-0.05, 0) is 30.3 Å². The molecule has 0 radical (unpaired) electrons. The summed E-state index contributed by atoms with van der Waals surface area (Å²) in [5, 5.41) is 5.72. The number of pyridine rings is 1. The molecule has 0 saturated heterocycles. The lowest BCUT2D eigenvalue weighted by Crippen LogP contribution is -2.26. The van der Waals surface area contributed by atoms with E-state index in [4.69, 9.17) is 0 Å².